The van der Waals surface area contributed by atoms with E-state index in [0.29, 0.717) is 18.8 Å². The Bertz CT molecular complexity index is 1210. The molecule has 1 aliphatic rings. The molecule has 164 valence electrons. The second kappa shape index (κ2) is 8.72. The molecular weight excluding hydrogens is 414 g/mol. The van der Waals surface area contributed by atoms with Gasteiger partial charge in [0.1, 0.15) is 17.2 Å². The zero-order chi connectivity index (χ0) is 22.0. The summed E-state index contributed by atoms with van der Waals surface area (Å²) >= 11 is 0. The predicted molar refractivity (Wildman–Crippen MR) is 121 cm³/mol. The lowest BCUT2D eigenvalue weighted by Crippen LogP contribution is -2.35. The number of nitrogens with one attached hydrogen (secondary N) is 1. The standard InChI is InChI=1S/C23H27N3O4S/c1-17-14-18-8-4-5-9-20(18)26(17)16-23(27)24-19-10-11-21(30-2)22(15-19)31(28,29)25-12-6-3-7-13-25/h4-5,8-11,14-15H,3,6-7,12-13,16H2,1-2H3,(H,24,27). The van der Waals surface area contributed by atoms with Gasteiger partial charge >= 0.3 is 0 Å². The van der Waals surface area contributed by atoms with E-state index in [4.69, 9.17) is 4.74 Å². The average molecular weight is 442 g/mol. The van der Waals surface area contributed by atoms with Gasteiger partial charge < -0.3 is 14.6 Å². The summed E-state index contributed by atoms with van der Waals surface area (Å²) in [6, 6.07) is 14.7. The summed E-state index contributed by atoms with van der Waals surface area (Å²) in [6.45, 7) is 3.10. The van der Waals surface area contributed by atoms with E-state index in [9.17, 15) is 13.2 Å². The number of nitrogens with zero attached hydrogens (tertiary/aromatic N) is 2. The van der Waals surface area contributed by atoms with Crippen LogP contribution in [0.1, 0.15) is 25.0 Å². The highest BCUT2D eigenvalue weighted by Crippen LogP contribution is 2.31. The number of aryl methyl sites for hydroxylation is 1. The average Bonchev–Trinajstić information content (AvgIpc) is 3.09. The summed E-state index contributed by atoms with van der Waals surface area (Å²) in [5.74, 6) is 0.0479. The van der Waals surface area contributed by atoms with Crippen LogP contribution in [-0.2, 0) is 21.4 Å². The first-order valence-electron chi connectivity index (χ1n) is 10.4. The highest BCUT2D eigenvalue weighted by atomic mass is 32.2. The number of carbonyl (C=O) groups is 1. The molecule has 0 radical (unpaired) electrons. The molecule has 31 heavy (non-hydrogen) atoms. The molecular formula is C23H27N3O4S. The maximum Gasteiger partial charge on any atom is 0.246 e. The number of hydrogen-bond acceptors (Lipinski definition) is 4. The molecule has 0 saturated carbocycles. The van der Waals surface area contributed by atoms with Crippen LogP contribution in [0.3, 0.4) is 0 Å². The van der Waals surface area contributed by atoms with Gasteiger partial charge in [0.2, 0.25) is 15.9 Å². The third kappa shape index (κ3) is 4.31. The fourth-order valence-corrected chi connectivity index (χ4v) is 5.80. The van der Waals surface area contributed by atoms with Crippen molar-refractivity contribution in [2.24, 2.45) is 0 Å². The summed E-state index contributed by atoms with van der Waals surface area (Å²) in [6.07, 6.45) is 2.73. The van der Waals surface area contributed by atoms with E-state index < -0.39 is 10.0 Å². The molecule has 1 aromatic heterocycles. The number of ether oxygens (including phenoxy) is 1. The number of hydrogen-bond donors (Lipinski definition) is 1. The van der Waals surface area contributed by atoms with Crippen LogP contribution in [-0.4, -0.2) is 43.4 Å². The van der Waals surface area contributed by atoms with Gasteiger partial charge in [0.15, 0.2) is 0 Å². The summed E-state index contributed by atoms with van der Waals surface area (Å²) < 4.78 is 35.1. The predicted octanol–water partition coefficient (Wildman–Crippen LogP) is 3.77. The minimum atomic E-state index is -3.70. The number of benzene rings is 2. The van der Waals surface area contributed by atoms with Crippen LogP contribution in [0.5, 0.6) is 5.75 Å². The molecule has 0 unspecified atom stereocenters. The third-order valence-corrected chi connectivity index (χ3v) is 7.62. The fourth-order valence-electron chi connectivity index (χ4n) is 4.10. The van der Waals surface area contributed by atoms with Gasteiger partial charge in [0.05, 0.1) is 7.11 Å². The second-order valence-corrected chi connectivity index (χ2v) is 9.72. The lowest BCUT2D eigenvalue weighted by molar-refractivity contribution is -0.116. The van der Waals surface area contributed by atoms with Gasteiger partial charge in [-0.25, -0.2) is 8.42 Å². The number of methoxy groups -OCH3 is 1. The Hall–Kier alpha value is -2.84. The Morgan fingerprint density at radius 2 is 1.81 bits per heavy atom. The van der Waals surface area contributed by atoms with Gasteiger partial charge in [0, 0.05) is 30.0 Å². The Balaban J connectivity index is 1.58. The molecule has 3 aromatic rings. The van der Waals surface area contributed by atoms with Crippen molar-refractivity contribution in [2.75, 3.05) is 25.5 Å². The van der Waals surface area contributed by atoms with Crippen molar-refractivity contribution in [1.82, 2.24) is 8.87 Å². The molecule has 4 rings (SSSR count). The molecule has 0 aliphatic carbocycles. The maximum absolute atomic E-state index is 13.2. The SMILES string of the molecule is COc1ccc(NC(=O)Cn2c(C)cc3ccccc32)cc1S(=O)(=O)N1CCCCC1. The van der Waals surface area contributed by atoms with Crippen molar-refractivity contribution in [3.8, 4) is 5.75 Å². The number of sulfonamides is 1. The molecule has 8 heteroatoms. The monoisotopic (exact) mass is 441 g/mol. The van der Waals surface area contributed by atoms with E-state index in [-0.39, 0.29) is 23.1 Å². The van der Waals surface area contributed by atoms with Crippen molar-refractivity contribution < 1.29 is 17.9 Å². The topological polar surface area (TPSA) is 80.6 Å². The second-order valence-electron chi connectivity index (χ2n) is 7.81. The van der Waals surface area contributed by atoms with Gasteiger partial charge in [-0.1, -0.05) is 24.6 Å². The van der Waals surface area contributed by atoms with Crippen LogP contribution >= 0.6 is 0 Å². The molecule has 1 amide bonds. The largest absolute Gasteiger partial charge is 0.495 e. The zero-order valence-electron chi connectivity index (χ0n) is 17.8. The van der Waals surface area contributed by atoms with E-state index in [0.717, 1.165) is 35.9 Å². The van der Waals surface area contributed by atoms with E-state index in [1.165, 1.54) is 17.5 Å². The summed E-state index contributed by atoms with van der Waals surface area (Å²) in [5, 5.41) is 3.92. The molecule has 1 N–H and O–H groups in total. The van der Waals surface area contributed by atoms with E-state index >= 15 is 0 Å². The zero-order valence-corrected chi connectivity index (χ0v) is 18.6. The fraction of sp³-hybridized carbons (Fsp3) is 0.348. The number of fused-ring (bicyclic) bond motifs is 1. The minimum Gasteiger partial charge on any atom is -0.495 e. The third-order valence-electron chi connectivity index (χ3n) is 5.70. The molecule has 1 aliphatic heterocycles. The number of carbonyl (C=O) groups excluding carboxylic acids is 1. The number of piperidine rings is 1. The Labute approximate surface area is 182 Å². The molecule has 0 spiro atoms. The number of anilines is 1. The van der Waals surface area contributed by atoms with Crippen molar-refractivity contribution >= 4 is 32.5 Å². The molecule has 1 fully saturated rings. The smallest absolute Gasteiger partial charge is 0.246 e. The van der Waals surface area contributed by atoms with Crippen LogP contribution in [0, 0.1) is 6.92 Å². The van der Waals surface area contributed by atoms with Crippen molar-refractivity contribution in [3.05, 3.63) is 54.2 Å². The number of rotatable bonds is 6. The van der Waals surface area contributed by atoms with Gasteiger partial charge in [-0.2, -0.15) is 4.31 Å². The normalized spacial score (nSPS) is 15.2. The lowest BCUT2D eigenvalue weighted by Gasteiger charge is -2.26. The first-order valence-corrected chi connectivity index (χ1v) is 11.9. The number of para-hydroxylation sites is 1. The lowest BCUT2D eigenvalue weighted by atomic mass is 10.2. The molecule has 0 atom stereocenters. The summed E-state index contributed by atoms with van der Waals surface area (Å²) in [5.41, 5.74) is 2.40. The molecule has 1 saturated heterocycles. The Morgan fingerprint density at radius 3 is 2.55 bits per heavy atom. The van der Waals surface area contributed by atoms with Crippen LogP contribution in [0.15, 0.2) is 53.4 Å². The summed E-state index contributed by atoms with van der Waals surface area (Å²) in [4.78, 5) is 12.9. The maximum atomic E-state index is 13.2. The minimum absolute atomic E-state index is 0.0808. The van der Waals surface area contributed by atoms with Crippen molar-refractivity contribution in [1.29, 1.82) is 0 Å². The van der Waals surface area contributed by atoms with Crippen LogP contribution < -0.4 is 10.1 Å². The molecule has 0 bridgehead atoms. The van der Waals surface area contributed by atoms with Crippen LogP contribution in [0.2, 0.25) is 0 Å². The molecule has 7 nitrogen and oxygen atoms in total. The quantitative estimate of drug-likeness (QED) is 0.631. The van der Waals surface area contributed by atoms with E-state index in [1.54, 1.807) is 12.1 Å². The van der Waals surface area contributed by atoms with Crippen molar-refractivity contribution in [3.63, 3.8) is 0 Å². The van der Waals surface area contributed by atoms with E-state index in [2.05, 4.69) is 5.32 Å². The van der Waals surface area contributed by atoms with Gasteiger partial charge in [0.25, 0.3) is 0 Å². The first-order chi connectivity index (χ1) is 14.9. The summed E-state index contributed by atoms with van der Waals surface area (Å²) in [7, 11) is -2.25. The Morgan fingerprint density at radius 1 is 1.06 bits per heavy atom. The Kier molecular flexibility index (Phi) is 6.02. The van der Waals surface area contributed by atoms with E-state index in [1.807, 2.05) is 41.8 Å². The van der Waals surface area contributed by atoms with Crippen LogP contribution in [0.4, 0.5) is 5.69 Å². The molecule has 2 aromatic carbocycles. The molecule has 2 heterocycles. The van der Waals surface area contributed by atoms with Gasteiger partial charge in [-0.3, -0.25) is 4.79 Å². The van der Waals surface area contributed by atoms with Crippen molar-refractivity contribution in [2.45, 2.75) is 37.6 Å². The van der Waals surface area contributed by atoms with Gasteiger partial charge in [-0.05, 0) is 55.5 Å². The number of amides is 1. The van der Waals surface area contributed by atoms with Gasteiger partial charge in [-0.15, -0.1) is 0 Å². The number of aromatic nitrogens is 1. The van der Waals surface area contributed by atoms with Crippen LogP contribution in [0.25, 0.3) is 10.9 Å². The highest BCUT2D eigenvalue weighted by Gasteiger charge is 2.29. The highest BCUT2D eigenvalue weighted by molar-refractivity contribution is 7.89. The first kappa shape index (κ1) is 21.4.